The third-order valence-corrected chi connectivity index (χ3v) is 4.61. The lowest BCUT2D eigenvalue weighted by atomic mass is 10.1. The van der Waals surface area contributed by atoms with Gasteiger partial charge in [-0.1, -0.05) is 0 Å². The van der Waals surface area contributed by atoms with Crippen molar-refractivity contribution < 1.29 is 28.5 Å². The van der Waals surface area contributed by atoms with Crippen LogP contribution in [0, 0.1) is 0 Å². The van der Waals surface area contributed by atoms with Crippen LogP contribution in [-0.2, 0) is 0 Å². The summed E-state index contributed by atoms with van der Waals surface area (Å²) in [6.45, 7) is 0. The summed E-state index contributed by atoms with van der Waals surface area (Å²) in [6.07, 6.45) is 3.11. The summed E-state index contributed by atoms with van der Waals surface area (Å²) in [4.78, 5) is 12.6. The van der Waals surface area contributed by atoms with Crippen molar-refractivity contribution in [2.24, 2.45) is 0 Å². The maximum atomic E-state index is 12.6. The second-order valence-electron chi connectivity index (χ2n) is 6.42. The molecule has 1 heterocycles. The maximum absolute atomic E-state index is 12.6. The summed E-state index contributed by atoms with van der Waals surface area (Å²) >= 11 is 0. The molecule has 162 valence electrons. The summed E-state index contributed by atoms with van der Waals surface area (Å²) < 4.78 is 26.6. The van der Waals surface area contributed by atoms with Gasteiger partial charge in [0.25, 0.3) is 0 Å². The Morgan fingerprint density at radius 1 is 0.806 bits per heavy atom. The first kappa shape index (κ1) is 21.8. The number of benzene rings is 2. The normalized spacial score (nSPS) is 10.7. The van der Waals surface area contributed by atoms with Crippen molar-refractivity contribution in [3.8, 4) is 40.0 Å². The second kappa shape index (κ2) is 9.71. The lowest BCUT2D eigenvalue weighted by molar-refractivity contribution is 0.104. The van der Waals surface area contributed by atoms with Crippen molar-refractivity contribution in [1.29, 1.82) is 0 Å². The molecular formula is C23H24N2O6. The van der Waals surface area contributed by atoms with Crippen LogP contribution < -0.4 is 23.7 Å². The van der Waals surface area contributed by atoms with E-state index < -0.39 is 0 Å². The van der Waals surface area contributed by atoms with Crippen molar-refractivity contribution >= 4 is 11.9 Å². The first-order chi connectivity index (χ1) is 15.0. The number of aromatic nitrogens is 2. The van der Waals surface area contributed by atoms with Crippen LogP contribution in [0.15, 0.2) is 42.5 Å². The number of carbonyl (C=O) groups is 1. The van der Waals surface area contributed by atoms with Crippen molar-refractivity contribution in [3.05, 3.63) is 53.7 Å². The van der Waals surface area contributed by atoms with Crippen LogP contribution in [0.1, 0.15) is 16.1 Å². The predicted octanol–water partition coefficient (Wildman–Crippen LogP) is 4.02. The van der Waals surface area contributed by atoms with Crippen molar-refractivity contribution in [2.75, 3.05) is 35.5 Å². The van der Waals surface area contributed by atoms with Gasteiger partial charge < -0.3 is 23.7 Å². The van der Waals surface area contributed by atoms with Crippen LogP contribution in [-0.4, -0.2) is 51.5 Å². The molecule has 0 bridgehead atoms. The monoisotopic (exact) mass is 424 g/mol. The van der Waals surface area contributed by atoms with Gasteiger partial charge in [0.05, 0.1) is 46.9 Å². The zero-order valence-electron chi connectivity index (χ0n) is 18.0. The molecule has 8 nitrogen and oxygen atoms in total. The molecule has 0 saturated carbocycles. The zero-order valence-corrected chi connectivity index (χ0v) is 18.0. The summed E-state index contributed by atoms with van der Waals surface area (Å²) in [5, 5.41) is 7.23. The van der Waals surface area contributed by atoms with E-state index in [4.69, 9.17) is 23.7 Å². The topological polar surface area (TPSA) is 91.9 Å². The number of methoxy groups -OCH3 is 5. The quantitative estimate of drug-likeness (QED) is 0.410. The van der Waals surface area contributed by atoms with E-state index in [1.807, 2.05) is 6.07 Å². The molecular weight excluding hydrogens is 400 g/mol. The van der Waals surface area contributed by atoms with Crippen LogP contribution in [0.2, 0.25) is 0 Å². The Kier molecular flexibility index (Phi) is 6.81. The molecule has 0 aliphatic heterocycles. The fourth-order valence-electron chi connectivity index (χ4n) is 3.01. The highest BCUT2D eigenvalue weighted by Crippen LogP contribution is 2.40. The third kappa shape index (κ3) is 4.80. The van der Waals surface area contributed by atoms with Gasteiger partial charge in [-0.05, 0) is 42.5 Å². The minimum Gasteiger partial charge on any atom is -0.497 e. The smallest absolute Gasteiger partial charge is 0.203 e. The van der Waals surface area contributed by atoms with Gasteiger partial charge in [0.1, 0.15) is 11.5 Å². The average molecular weight is 424 g/mol. The summed E-state index contributed by atoms with van der Waals surface area (Å²) in [5.41, 5.74) is 2.55. The highest BCUT2D eigenvalue weighted by Gasteiger charge is 2.15. The Labute approximate surface area is 180 Å². The van der Waals surface area contributed by atoms with E-state index in [-0.39, 0.29) is 5.78 Å². The summed E-state index contributed by atoms with van der Waals surface area (Å²) in [7, 11) is 7.73. The number of rotatable bonds is 9. The number of H-pyrrole nitrogens is 1. The number of allylic oxidation sites excluding steroid dienone is 1. The van der Waals surface area contributed by atoms with E-state index in [0.717, 1.165) is 5.56 Å². The van der Waals surface area contributed by atoms with Crippen LogP contribution in [0.25, 0.3) is 17.3 Å². The fraction of sp³-hybridized carbons (Fsp3) is 0.217. The highest BCUT2D eigenvalue weighted by molar-refractivity contribution is 6.07. The van der Waals surface area contributed by atoms with Gasteiger partial charge in [0.15, 0.2) is 17.3 Å². The molecule has 0 unspecified atom stereocenters. The molecule has 1 N–H and O–H groups in total. The Morgan fingerprint density at radius 2 is 1.42 bits per heavy atom. The summed E-state index contributed by atoms with van der Waals surface area (Å²) in [5.74, 6) is 2.45. The molecule has 0 aliphatic rings. The predicted molar refractivity (Wildman–Crippen MR) is 117 cm³/mol. The van der Waals surface area contributed by atoms with Crippen molar-refractivity contribution in [2.45, 2.75) is 0 Å². The molecule has 3 rings (SSSR count). The van der Waals surface area contributed by atoms with Crippen LogP contribution >= 0.6 is 0 Å². The van der Waals surface area contributed by atoms with Gasteiger partial charge in [-0.15, -0.1) is 0 Å². The molecule has 0 fully saturated rings. The molecule has 0 atom stereocenters. The lowest BCUT2D eigenvalue weighted by Crippen LogP contribution is -1.97. The highest BCUT2D eigenvalue weighted by atomic mass is 16.5. The maximum Gasteiger partial charge on any atom is 0.203 e. The number of aromatic amines is 1. The van der Waals surface area contributed by atoms with E-state index in [0.29, 0.717) is 45.7 Å². The van der Waals surface area contributed by atoms with Crippen LogP contribution in [0.5, 0.6) is 28.7 Å². The fourth-order valence-corrected chi connectivity index (χ4v) is 3.01. The van der Waals surface area contributed by atoms with E-state index in [2.05, 4.69) is 10.2 Å². The molecule has 31 heavy (non-hydrogen) atoms. The molecule has 8 heteroatoms. The first-order valence-electron chi connectivity index (χ1n) is 9.34. The first-order valence-corrected chi connectivity index (χ1v) is 9.34. The van der Waals surface area contributed by atoms with E-state index in [1.165, 1.54) is 20.3 Å². The molecule has 0 aliphatic carbocycles. The van der Waals surface area contributed by atoms with Crippen molar-refractivity contribution in [3.63, 3.8) is 0 Å². The molecule has 0 radical (unpaired) electrons. The van der Waals surface area contributed by atoms with Gasteiger partial charge in [-0.25, -0.2) is 0 Å². The molecule has 0 amide bonds. The van der Waals surface area contributed by atoms with Gasteiger partial charge in [-0.3, -0.25) is 9.89 Å². The van der Waals surface area contributed by atoms with Gasteiger partial charge in [0, 0.05) is 17.2 Å². The third-order valence-electron chi connectivity index (χ3n) is 4.61. The molecule has 3 aromatic rings. The lowest BCUT2D eigenvalue weighted by Gasteiger charge is -2.13. The van der Waals surface area contributed by atoms with Crippen molar-refractivity contribution in [1.82, 2.24) is 10.2 Å². The van der Waals surface area contributed by atoms with Crippen LogP contribution in [0.4, 0.5) is 0 Å². The number of nitrogens with zero attached hydrogens (tertiary/aromatic N) is 1. The zero-order chi connectivity index (χ0) is 22.4. The number of nitrogens with one attached hydrogen (secondary N) is 1. The Balaban J connectivity index is 1.85. The number of ether oxygens (including phenoxy) is 5. The number of ketones is 1. The minimum absolute atomic E-state index is 0.193. The standard InChI is InChI=1S/C23H24N2O6/c1-27-17-8-15(9-18(13-17)28-2)20(26)7-6-16-12-19(25-24-16)14-10-21(29-3)23(31-5)22(11-14)30-4/h6-13H,1-5H3,(H,24,25)/b7-6+. The number of hydrogen-bond acceptors (Lipinski definition) is 7. The Morgan fingerprint density at radius 3 is 1.94 bits per heavy atom. The number of hydrogen-bond donors (Lipinski definition) is 1. The SMILES string of the molecule is COc1cc(OC)cc(C(=O)/C=C/c2cc(-c3cc(OC)c(OC)c(OC)c3)n[nH]2)c1. The minimum atomic E-state index is -0.193. The van der Waals surface area contributed by atoms with Gasteiger partial charge >= 0.3 is 0 Å². The second-order valence-corrected chi connectivity index (χ2v) is 6.42. The van der Waals surface area contributed by atoms with E-state index in [1.54, 1.807) is 57.7 Å². The number of carbonyl (C=O) groups excluding carboxylic acids is 1. The molecule has 0 spiro atoms. The largest absolute Gasteiger partial charge is 0.497 e. The molecule has 1 aromatic heterocycles. The van der Waals surface area contributed by atoms with Gasteiger partial charge in [-0.2, -0.15) is 5.10 Å². The summed E-state index contributed by atoms with van der Waals surface area (Å²) in [6, 6.07) is 10.4. The van der Waals surface area contributed by atoms with Gasteiger partial charge in [0.2, 0.25) is 5.75 Å². The van der Waals surface area contributed by atoms with E-state index in [9.17, 15) is 4.79 Å². The molecule has 2 aromatic carbocycles. The van der Waals surface area contributed by atoms with Crippen LogP contribution in [0.3, 0.4) is 0 Å². The Bertz CT molecular complexity index is 1060. The van der Waals surface area contributed by atoms with E-state index >= 15 is 0 Å². The average Bonchev–Trinajstić information content (AvgIpc) is 3.30. The Hall–Kier alpha value is -3.94. The molecule has 0 saturated heterocycles.